The predicted octanol–water partition coefficient (Wildman–Crippen LogP) is 25.4. The van der Waals surface area contributed by atoms with Crippen LogP contribution in [-0.4, -0.2) is 73.4 Å². The van der Waals surface area contributed by atoms with Crippen molar-refractivity contribution in [3.05, 3.63) is 24.3 Å². The number of carbonyl (C=O) groups excluding carboxylic acids is 1. The number of quaternary nitrogens is 1. The molecule has 3 atom stereocenters. The lowest BCUT2D eigenvalue weighted by Gasteiger charge is -2.25. The third-order valence-corrected chi connectivity index (χ3v) is 19.4. The quantitative estimate of drug-likeness (QED) is 0.0243. The summed E-state index contributed by atoms with van der Waals surface area (Å²) < 4.78 is 23.9. The van der Waals surface area contributed by atoms with Gasteiger partial charge in [0, 0.05) is 6.42 Å². The Morgan fingerprint density at radius 2 is 0.621 bits per heavy atom. The van der Waals surface area contributed by atoms with Crippen molar-refractivity contribution < 1.29 is 32.9 Å². The minimum atomic E-state index is -4.35. The van der Waals surface area contributed by atoms with Crippen molar-refractivity contribution in [2.24, 2.45) is 0 Å². The van der Waals surface area contributed by atoms with Gasteiger partial charge in [-0.3, -0.25) is 13.8 Å². The highest BCUT2D eigenvalue weighted by Crippen LogP contribution is 2.43. The van der Waals surface area contributed by atoms with Gasteiger partial charge in [-0.25, -0.2) is 4.57 Å². The molecule has 0 saturated heterocycles. The van der Waals surface area contributed by atoms with Crippen LogP contribution in [0.2, 0.25) is 0 Å². The Labute approximate surface area is 545 Å². The highest BCUT2D eigenvalue weighted by atomic mass is 31.2. The Kier molecular flexibility index (Phi) is 68.5. The van der Waals surface area contributed by atoms with E-state index in [0.717, 1.165) is 32.1 Å². The fourth-order valence-electron chi connectivity index (χ4n) is 12.3. The van der Waals surface area contributed by atoms with E-state index in [4.69, 9.17) is 9.05 Å². The molecule has 0 aromatic carbocycles. The predicted molar refractivity (Wildman–Crippen MR) is 383 cm³/mol. The first kappa shape index (κ1) is 86.0. The maximum Gasteiger partial charge on any atom is 0.472 e. The lowest BCUT2D eigenvalue weighted by atomic mass is 10.0. The van der Waals surface area contributed by atoms with Crippen LogP contribution < -0.4 is 5.32 Å². The Morgan fingerprint density at radius 1 is 0.379 bits per heavy atom. The molecule has 0 fully saturated rings. The standard InChI is InChI=1S/C78H155N2O6P/c1-6-8-10-12-14-16-18-20-22-24-26-28-30-32-34-36-37-38-39-40-41-42-43-44-46-48-50-52-54-56-58-60-62-64-66-68-70-72-78(82)79-76(75-86-87(83,84)85-74-73-80(3,4)5)77(81)71-69-67-65-63-61-59-57-55-53-51-49-47-45-35-33-31-29-27-25-23-21-19-17-15-13-11-9-7-2/h24,26,69,71,76-77,81H,6-23,25,27-68,70,72-75H2,1-5H3,(H-,79,82,83,84)/p+1/b26-24-,71-69+. The van der Waals surface area contributed by atoms with E-state index < -0.39 is 20.0 Å². The molecule has 0 aromatic rings. The van der Waals surface area contributed by atoms with Crippen LogP contribution in [0.25, 0.3) is 0 Å². The SMILES string of the molecule is CCCCCCCCCC/C=C\CCCCCCCCCCCCCCCCCCCCCCCCCCCC(=O)NC(COP(=O)(O)OCC[N+](C)(C)C)C(O)/C=C/CCCCCCCCCCCCCCCCCCCCCCCCCCCC. The normalized spacial score (nSPS) is 13.6. The van der Waals surface area contributed by atoms with Gasteiger partial charge in [-0.15, -0.1) is 0 Å². The van der Waals surface area contributed by atoms with E-state index in [0.29, 0.717) is 17.4 Å². The molecular weight excluding hydrogens is 1090 g/mol. The van der Waals surface area contributed by atoms with Gasteiger partial charge in [-0.2, -0.15) is 0 Å². The van der Waals surface area contributed by atoms with Gasteiger partial charge in [0.15, 0.2) is 0 Å². The number of allylic oxidation sites excluding steroid dienone is 3. The van der Waals surface area contributed by atoms with Gasteiger partial charge in [-0.1, -0.05) is 391 Å². The summed E-state index contributed by atoms with van der Waals surface area (Å²) in [5, 5.41) is 14.1. The molecule has 1 amide bonds. The van der Waals surface area contributed by atoms with Crippen LogP contribution in [0.4, 0.5) is 0 Å². The number of rotatable bonds is 74. The third-order valence-electron chi connectivity index (χ3n) is 18.4. The van der Waals surface area contributed by atoms with E-state index in [1.807, 2.05) is 27.2 Å². The molecule has 0 aromatic heterocycles. The molecule has 0 aliphatic rings. The zero-order valence-electron chi connectivity index (χ0n) is 59.6. The number of phosphoric ester groups is 1. The molecule has 0 saturated carbocycles. The number of phosphoric acid groups is 1. The molecule has 3 N–H and O–H groups in total. The molecule has 0 aliphatic carbocycles. The number of hydrogen-bond donors (Lipinski definition) is 3. The van der Waals surface area contributed by atoms with Gasteiger partial charge in [0.2, 0.25) is 5.91 Å². The van der Waals surface area contributed by atoms with Crippen LogP contribution in [0.5, 0.6) is 0 Å². The molecule has 0 radical (unpaired) electrons. The molecule has 0 spiro atoms. The zero-order chi connectivity index (χ0) is 63.4. The molecule has 3 unspecified atom stereocenters. The van der Waals surface area contributed by atoms with Gasteiger partial charge < -0.3 is 19.8 Å². The van der Waals surface area contributed by atoms with Crippen molar-refractivity contribution in [1.29, 1.82) is 0 Å². The summed E-state index contributed by atoms with van der Waals surface area (Å²) >= 11 is 0. The Balaban J connectivity index is 3.94. The van der Waals surface area contributed by atoms with Gasteiger partial charge in [0.05, 0.1) is 39.9 Å². The van der Waals surface area contributed by atoms with E-state index in [1.54, 1.807) is 6.08 Å². The number of amides is 1. The Morgan fingerprint density at radius 3 is 0.885 bits per heavy atom. The monoisotopic (exact) mass is 1250 g/mol. The summed E-state index contributed by atoms with van der Waals surface area (Å²) in [6.07, 6.45) is 92.3. The topological polar surface area (TPSA) is 105 Å². The number of carbonyl (C=O) groups is 1. The minimum absolute atomic E-state index is 0.0649. The molecular formula is C78H156N2O6P+. The van der Waals surface area contributed by atoms with Gasteiger partial charge >= 0.3 is 7.82 Å². The van der Waals surface area contributed by atoms with E-state index >= 15 is 0 Å². The molecule has 87 heavy (non-hydrogen) atoms. The lowest BCUT2D eigenvalue weighted by molar-refractivity contribution is -0.870. The highest BCUT2D eigenvalue weighted by Gasteiger charge is 2.28. The molecule has 0 bridgehead atoms. The van der Waals surface area contributed by atoms with Gasteiger partial charge in [0.1, 0.15) is 13.2 Å². The van der Waals surface area contributed by atoms with E-state index in [2.05, 4.69) is 31.3 Å². The van der Waals surface area contributed by atoms with E-state index in [1.165, 1.54) is 366 Å². The summed E-state index contributed by atoms with van der Waals surface area (Å²) in [6.45, 7) is 4.89. The second kappa shape index (κ2) is 69.3. The first-order chi connectivity index (χ1) is 42.5. The fraction of sp³-hybridized carbons (Fsp3) is 0.936. The van der Waals surface area contributed by atoms with Crippen LogP contribution in [0, 0.1) is 0 Å². The molecule has 0 rings (SSSR count). The minimum Gasteiger partial charge on any atom is -0.387 e. The first-order valence-corrected chi connectivity index (χ1v) is 40.7. The van der Waals surface area contributed by atoms with E-state index in [-0.39, 0.29) is 19.1 Å². The number of nitrogens with zero attached hydrogens (tertiary/aromatic N) is 1. The van der Waals surface area contributed by atoms with E-state index in [9.17, 15) is 19.4 Å². The Bertz CT molecular complexity index is 1470. The van der Waals surface area contributed by atoms with Gasteiger partial charge in [-0.05, 0) is 44.9 Å². The van der Waals surface area contributed by atoms with Crippen molar-refractivity contribution >= 4 is 13.7 Å². The second-order valence-electron chi connectivity index (χ2n) is 28.4. The number of nitrogens with one attached hydrogen (secondary N) is 1. The smallest absolute Gasteiger partial charge is 0.387 e. The fourth-order valence-corrected chi connectivity index (χ4v) is 13.1. The zero-order valence-corrected chi connectivity index (χ0v) is 60.4. The summed E-state index contributed by atoms with van der Waals surface area (Å²) in [5.74, 6) is -0.166. The van der Waals surface area contributed by atoms with Crippen LogP contribution in [-0.2, 0) is 18.4 Å². The van der Waals surface area contributed by atoms with Gasteiger partial charge in [0.25, 0.3) is 0 Å². The summed E-state index contributed by atoms with van der Waals surface area (Å²) in [6, 6.07) is -0.845. The lowest BCUT2D eigenvalue weighted by Crippen LogP contribution is -2.45. The summed E-state index contributed by atoms with van der Waals surface area (Å²) in [4.78, 5) is 23.5. The average molecular weight is 1250 g/mol. The average Bonchev–Trinajstić information content (AvgIpc) is 3.70. The maximum absolute atomic E-state index is 13.1. The number of likely N-dealkylation sites (N-methyl/N-ethyl adjacent to an activating group) is 1. The number of hydrogen-bond acceptors (Lipinski definition) is 5. The Hall–Kier alpha value is -1.02. The molecule has 0 heterocycles. The van der Waals surface area contributed by atoms with Crippen molar-refractivity contribution in [1.82, 2.24) is 5.32 Å². The number of aliphatic hydroxyl groups excluding tert-OH is 1. The van der Waals surface area contributed by atoms with Crippen molar-refractivity contribution in [2.75, 3.05) is 40.9 Å². The van der Waals surface area contributed by atoms with Crippen molar-refractivity contribution in [3.8, 4) is 0 Å². The molecule has 0 aliphatic heterocycles. The molecule has 518 valence electrons. The van der Waals surface area contributed by atoms with Crippen LogP contribution in [0.15, 0.2) is 24.3 Å². The summed E-state index contributed by atoms with van der Waals surface area (Å²) in [7, 11) is 1.60. The maximum atomic E-state index is 13.1. The highest BCUT2D eigenvalue weighted by molar-refractivity contribution is 7.47. The largest absolute Gasteiger partial charge is 0.472 e. The molecule has 9 heteroatoms. The van der Waals surface area contributed by atoms with Crippen molar-refractivity contribution in [3.63, 3.8) is 0 Å². The van der Waals surface area contributed by atoms with Crippen LogP contribution in [0.3, 0.4) is 0 Å². The summed E-state index contributed by atoms with van der Waals surface area (Å²) in [5.41, 5.74) is 0. The molecule has 8 nitrogen and oxygen atoms in total. The van der Waals surface area contributed by atoms with Crippen molar-refractivity contribution in [2.45, 2.75) is 431 Å². The third kappa shape index (κ3) is 72.3. The second-order valence-corrected chi connectivity index (χ2v) is 29.9. The number of aliphatic hydroxyl groups is 1. The number of unbranched alkanes of at least 4 members (excludes halogenated alkanes) is 59. The first-order valence-electron chi connectivity index (χ1n) is 39.2. The van der Waals surface area contributed by atoms with Crippen LogP contribution in [0.1, 0.15) is 418 Å². The van der Waals surface area contributed by atoms with Crippen LogP contribution >= 0.6 is 7.82 Å².